The van der Waals surface area contributed by atoms with Gasteiger partial charge in [0.25, 0.3) is 5.91 Å². The van der Waals surface area contributed by atoms with Gasteiger partial charge in [-0.25, -0.2) is 0 Å². The Hall–Kier alpha value is -2.86. The summed E-state index contributed by atoms with van der Waals surface area (Å²) in [5.74, 6) is 1.94. The molecule has 1 heterocycles. The minimum Gasteiger partial charge on any atom is -0.484 e. The summed E-state index contributed by atoms with van der Waals surface area (Å²) in [6.45, 7) is -0.0973. The van der Waals surface area contributed by atoms with E-state index in [1.54, 1.807) is 24.3 Å². The smallest absolute Gasteiger partial charge is 0.262 e. The van der Waals surface area contributed by atoms with Crippen molar-refractivity contribution in [3.63, 3.8) is 0 Å². The highest BCUT2D eigenvalue weighted by Gasteiger charge is 2.23. The normalized spacial score (nSPS) is 14.2. The number of carbonyl (C=O) groups excluding carboxylic acids is 1. The molecule has 1 N–H and O–H groups in total. The predicted octanol–water partition coefficient (Wildman–Crippen LogP) is 5.07. The van der Waals surface area contributed by atoms with Gasteiger partial charge in [-0.3, -0.25) is 4.79 Å². The number of rotatable bonds is 6. The van der Waals surface area contributed by atoms with Crippen LogP contribution in [0.2, 0.25) is 5.02 Å². The molecular weight excluding hydrogens is 378 g/mol. The summed E-state index contributed by atoms with van der Waals surface area (Å²) in [6.07, 6.45) is 4.63. The molecule has 0 unspecified atom stereocenters. The maximum Gasteiger partial charge on any atom is 0.262 e. The van der Waals surface area contributed by atoms with Crippen LogP contribution in [0, 0.1) is 0 Å². The molecule has 6 nitrogen and oxygen atoms in total. The zero-order valence-corrected chi connectivity index (χ0v) is 16.0. The summed E-state index contributed by atoms with van der Waals surface area (Å²) in [7, 11) is 0. The summed E-state index contributed by atoms with van der Waals surface area (Å²) >= 11 is 5.83. The number of carbonyl (C=O) groups is 1. The van der Waals surface area contributed by atoms with Crippen LogP contribution >= 0.6 is 11.6 Å². The van der Waals surface area contributed by atoms with Crippen LogP contribution < -0.4 is 10.1 Å². The largest absolute Gasteiger partial charge is 0.484 e. The van der Waals surface area contributed by atoms with Crippen LogP contribution in [-0.4, -0.2) is 22.7 Å². The van der Waals surface area contributed by atoms with Crippen molar-refractivity contribution in [1.82, 2.24) is 10.1 Å². The first-order valence-corrected chi connectivity index (χ1v) is 9.67. The number of halogens is 1. The van der Waals surface area contributed by atoms with Crippen molar-refractivity contribution in [2.75, 3.05) is 11.9 Å². The molecule has 0 bridgehead atoms. The van der Waals surface area contributed by atoms with Gasteiger partial charge in [-0.15, -0.1) is 0 Å². The fourth-order valence-corrected chi connectivity index (χ4v) is 3.43. The van der Waals surface area contributed by atoms with E-state index in [9.17, 15) is 4.79 Å². The lowest BCUT2D eigenvalue weighted by atomic mass is 10.1. The molecule has 1 fully saturated rings. The average Bonchev–Trinajstić information content (AvgIpc) is 3.39. The third kappa shape index (κ3) is 4.51. The number of hydrogen-bond acceptors (Lipinski definition) is 5. The Labute approximate surface area is 167 Å². The maximum absolute atomic E-state index is 12.2. The molecule has 1 aliphatic carbocycles. The second-order valence-electron chi connectivity index (χ2n) is 6.81. The molecule has 0 saturated heterocycles. The lowest BCUT2D eigenvalue weighted by Crippen LogP contribution is -2.20. The van der Waals surface area contributed by atoms with Gasteiger partial charge in [0, 0.05) is 22.2 Å². The van der Waals surface area contributed by atoms with Crippen molar-refractivity contribution >= 4 is 23.2 Å². The third-order valence-electron chi connectivity index (χ3n) is 4.73. The second kappa shape index (κ2) is 8.44. The van der Waals surface area contributed by atoms with Crippen LogP contribution in [-0.2, 0) is 4.79 Å². The van der Waals surface area contributed by atoms with Crippen molar-refractivity contribution in [3.05, 3.63) is 59.4 Å². The fourth-order valence-electron chi connectivity index (χ4n) is 3.30. The highest BCUT2D eigenvalue weighted by Crippen LogP contribution is 2.34. The molecule has 7 heteroatoms. The van der Waals surface area contributed by atoms with Gasteiger partial charge in [0.05, 0.1) is 0 Å². The van der Waals surface area contributed by atoms with E-state index in [4.69, 9.17) is 20.9 Å². The lowest BCUT2D eigenvalue weighted by Gasteiger charge is -2.08. The van der Waals surface area contributed by atoms with Gasteiger partial charge in [-0.1, -0.05) is 41.7 Å². The fraction of sp³-hybridized carbons (Fsp3) is 0.286. The van der Waals surface area contributed by atoms with Crippen LogP contribution in [0.3, 0.4) is 0 Å². The van der Waals surface area contributed by atoms with Crippen molar-refractivity contribution in [2.45, 2.75) is 31.6 Å². The number of ether oxygens (including phenoxy) is 1. The monoisotopic (exact) mass is 397 g/mol. The Bertz CT molecular complexity index is 950. The van der Waals surface area contributed by atoms with Gasteiger partial charge in [-0.2, -0.15) is 4.98 Å². The minimum absolute atomic E-state index is 0.0973. The van der Waals surface area contributed by atoms with Crippen LogP contribution in [0.25, 0.3) is 11.4 Å². The molecule has 144 valence electrons. The summed E-state index contributed by atoms with van der Waals surface area (Å²) in [5, 5.41) is 7.54. The predicted molar refractivity (Wildman–Crippen MR) is 107 cm³/mol. The van der Waals surface area contributed by atoms with E-state index in [2.05, 4.69) is 15.5 Å². The summed E-state index contributed by atoms with van der Waals surface area (Å²) in [6, 6.07) is 14.2. The number of benzene rings is 2. The van der Waals surface area contributed by atoms with Crippen molar-refractivity contribution in [1.29, 1.82) is 0 Å². The van der Waals surface area contributed by atoms with E-state index in [0.29, 0.717) is 34.1 Å². The lowest BCUT2D eigenvalue weighted by molar-refractivity contribution is -0.118. The quantitative estimate of drug-likeness (QED) is 0.628. The van der Waals surface area contributed by atoms with Gasteiger partial charge in [-0.05, 0) is 49.2 Å². The van der Waals surface area contributed by atoms with E-state index in [0.717, 1.165) is 18.4 Å². The molecular formula is C21H20ClN3O3. The van der Waals surface area contributed by atoms with Crippen LogP contribution in [0.4, 0.5) is 5.69 Å². The Morgan fingerprint density at radius 3 is 2.75 bits per heavy atom. The first kappa shape index (κ1) is 18.5. The van der Waals surface area contributed by atoms with E-state index in [-0.39, 0.29) is 12.5 Å². The van der Waals surface area contributed by atoms with Gasteiger partial charge in [0.15, 0.2) is 6.61 Å². The topological polar surface area (TPSA) is 77.2 Å². The molecule has 1 amide bonds. The van der Waals surface area contributed by atoms with Crippen molar-refractivity contribution in [2.24, 2.45) is 0 Å². The first-order valence-electron chi connectivity index (χ1n) is 9.29. The van der Waals surface area contributed by atoms with Gasteiger partial charge in [0.1, 0.15) is 5.75 Å². The Balaban J connectivity index is 1.38. The first-order chi connectivity index (χ1) is 13.7. The van der Waals surface area contributed by atoms with Gasteiger partial charge >= 0.3 is 0 Å². The molecule has 1 saturated carbocycles. The zero-order valence-electron chi connectivity index (χ0n) is 15.2. The Kier molecular flexibility index (Phi) is 5.58. The number of aromatic nitrogens is 2. The van der Waals surface area contributed by atoms with Crippen molar-refractivity contribution < 1.29 is 14.1 Å². The molecule has 0 atom stereocenters. The van der Waals surface area contributed by atoms with E-state index in [1.807, 2.05) is 24.3 Å². The van der Waals surface area contributed by atoms with Crippen molar-refractivity contribution in [3.8, 4) is 17.1 Å². The number of anilines is 1. The maximum atomic E-state index is 12.2. The molecule has 4 rings (SSSR count). The Morgan fingerprint density at radius 2 is 1.96 bits per heavy atom. The molecule has 1 aromatic heterocycles. The summed E-state index contributed by atoms with van der Waals surface area (Å²) in [5.41, 5.74) is 1.44. The molecule has 0 aliphatic heterocycles. The Morgan fingerprint density at radius 1 is 1.18 bits per heavy atom. The highest BCUT2D eigenvalue weighted by molar-refractivity contribution is 6.30. The summed E-state index contributed by atoms with van der Waals surface area (Å²) < 4.78 is 10.9. The minimum atomic E-state index is -0.258. The molecule has 1 aliphatic rings. The van der Waals surface area contributed by atoms with Gasteiger partial charge in [0.2, 0.25) is 11.7 Å². The van der Waals surface area contributed by atoms with Gasteiger partial charge < -0.3 is 14.6 Å². The number of nitrogens with one attached hydrogen (secondary N) is 1. The van der Waals surface area contributed by atoms with E-state index in [1.165, 1.54) is 12.8 Å². The molecule has 0 radical (unpaired) electrons. The average molecular weight is 398 g/mol. The van der Waals surface area contributed by atoms with E-state index < -0.39 is 0 Å². The molecule has 28 heavy (non-hydrogen) atoms. The van der Waals surface area contributed by atoms with Crippen LogP contribution in [0.1, 0.15) is 37.5 Å². The van der Waals surface area contributed by atoms with E-state index >= 15 is 0 Å². The third-order valence-corrected chi connectivity index (χ3v) is 4.99. The second-order valence-corrected chi connectivity index (χ2v) is 7.25. The molecule has 0 spiro atoms. The van der Waals surface area contributed by atoms with Crippen LogP contribution in [0.5, 0.6) is 5.75 Å². The molecule has 2 aromatic carbocycles. The number of amides is 1. The zero-order chi connectivity index (χ0) is 19.3. The molecule has 3 aromatic rings. The standard InChI is InChI=1S/C21H20ClN3O3/c22-16-8-10-18(11-9-16)27-13-19(26)23-17-7-3-6-15(12-17)20-24-21(28-25-20)14-4-1-2-5-14/h3,6-12,14H,1-2,4-5,13H2,(H,23,26). The number of nitrogens with zero attached hydrogens (tertiary/aromatic N) is 2. The summed E-state index contributed by atoms with van der Waals surface area (Å²) in [4.78, 5) is 16.7. The van der Waals surface area contributed by atoms with Crippen LogP contribution in [0.15, 0.2) is 53.1 Å². The SMILES string of the molecule is O=C(COc1ccc(Cl)cc1)Nc1cccc(-c2noc(C3CCCC3)n2)c1. The number of hydrogen-bond donors (Lipinski definition) is 1. The highest BCUT2D eigenvalue weighted by atomic mass is 35.5.